The van der Waals surface area contributed by atoms with E-state index in [9.17, 15) is 0 Å². The van der Waals surface area contributed by atoms with Crippen LogP contribution in [0.25, 0.3) is 0 Å². The molecule has 0 bridgehead atoms. The molecule has 1 aliphatic heterocycles. The van der Waals surface area contributed by atoms with Crippen molar-refractivity contribution in [3.8, 4) is 0 Å². The number of rotatable bonds is 6. The molecule has 0 saturated carbocycles. The molecular weight excluding hydrogens is 222 g/mol. The first-order chi connectivity index (χ1) is 8.74. The van der Waals surface area contributed by atoms with E-state index in [0.29, 0.717) is 6.04 Å². The summed E-state index contributed by atoms with van der Waals surface area (Å²) in [5, 5.41) is 3.46. The summed E-state index contributed by atoms with van der Waals surface area (Å²) < 4.78 is 5.48. The molecule has 100 valence electrons. The maximum absolute atomic E-state index is 5.48. The zero-order chi connectivity index (χ0) is 13.0. The molecule has 0 amide bonds. The SMILES string of the molecule is CCCC(C)CC(NC)c1ccc2c(c1)COC2. The van der Waals surface area contributed by atoms with Crippen molar-refractivity contribution >= 4 is 0 Å². The highest BCUT2D eigenvalue weighted by Gasteiger charge is 2.17. The van der Waals surface area contributed by atoms with Gasteiger partial charge in [-0.05, 0) is 36.1 Å². The fourth-order valence-electron chi connectivity index (χ4n) is 2.84. The minimum absolute atomic E-state index is 0.470. The molecule has 0 spiro atoms. The standard InChI is InChI=1S/C16H25NO/c1-4-5-12(2)8-16(17-3)13-6-7-14-10-18-11-15(14)9-13/h6-7,9,12,16-17H,4-5,8,10-11H2,1-3H3. The van der Waals surface area contributed by atoms with Crippen molar-refractivity contribution in [2.45, 2.75) is 52.4 Å². The Balaban J connectivity index is 2.07. The summed E-state index contributed by atoms with van der Waals surface area (Å²) in [6, 6.07) is 7.28. The van der Waals surface area contributed by atoms with Crippen molar-refractivity contribution in [3.63, 3.8) is 0 Å². The minimum atomic E-state index is 0.470. The second kappa shape index (κ2) is 6.35. The molecule has 2 rings (SSSR count). The Morgan fingerprint density at radius 1 is 1.28 bits per heavy atom. The first-order valence-corrected chi connectivity index (χ1v) is 7.11. The fourth-order valence-corrected chi connectivity index (χ4v) is 2.84. The lowest BCUT2D eigenvalue weighted by Crippen LogP contribution is -2.19. The maximum Gasteiger partial charge on any atom is 0.0725 e. The molecule has 0 fully saturated rings. The summed E-state index contributed by atoms with van der Waals surface area (Å²) in [6.45, 7) is 6.18. The van der Waals surface area contributed by atoms with E-state index in [1.807, 2.05) is 0 Å². The predicted octanol–water partition coefficient (Wildman–Crippen LogP) is 3.80. The summed E-state index contributed by atoms with van der Waals surface area (Å²) in [4.78, 5) is 0. The third-order valence-corrected chi connectivity index (χ3v) is 3.92. The van der Waals surface area contributed by atoms with Crippen molar-refractivity contribution in [1.82, 2.24) is 5.32 Å². The normalized spacial score (nSPS) is 17.5. The molecule has 1 aromatic rings. The van der Waals surface area contributed by atoms with E-state index >= 15 is 0 Å². The van der Waals surface area contributed by atoms with Crippen molar-refractivity contribution in [1.29, 1.82) is 0 Å². The first-order valence-electron chi connectivity index (χ1n) is 7.11. The lowest BCUT2D eigenvalue weighted by Gasteiger charge is -2.21. The van der Waals surface area contributed by atoms with Crippen molar-refractivity contribution < 1.29 is 4.74 Å². The summed E-state index contributed by atoms with van der Waals surface area (Å²) in [5.41, 5.74) is 4.14. The van der Waals surface area contributed by atoms with Gasteiger partial charge in [0, 0.05) is 6.04 Å². The van der Waals surface area contributed by atoms with Crippen LogP contribution >= 0.6 is 0 Å². The smallest absolute Gasteiger partial charge is 0.0725 e. The van der Waals surface area contributed by atoms with Crippen LogP contribution in [0.1, 0.15) is 55.8 Å². The van der Waals surface area contributed by atoms with Gasteiger partial charge in [0.1, 0.15) is 0 Å². The van der Waals surface area contributed by atoms with E-state index in [-0.39, 0.29) is 0 Å². The number of nitrogens with one attached hydrogen (secondary N) is 1. The molecule has 0 aromatic heterocycles. The van der Waals surface area contributed by atoms with Crippen LogP contribution in [0.5, 0.6) is 0 Å². The lowest BCUT2D eigenvalue weighted by molar-refractivity contribution is 0.134. The van der Waals surface area contributed by atoms with Gasteiger partial charge in [-0.2, -0.15) is 0 Å². The maximum atomic E-state index is 5.48. The van der Waals surface area contributed by atoms with Crippen molar-refractivity contribution in [3.05, 3.63) is 34.9 Å². The van der Waals surface area contributed by atoms with E-state index in [2.05, 4.69) is 44.4 Å². The van der Waals surface area contributed by atoms with E-state index in [1.54, 1.807) is 0 Å². The summed E-state index contributed by atoms with van der Waals surface area (Å²) in [7, 11) is 2.06. The zero-order valence-corrected chi connectivity index (χ0v) is 11.8. The second-order valence-electron chi connectivity index (χ2n) is 5.49. The van der Waals surface area contributed by atoms with Gasteiger partial charge in [0.25, 0.3) is 0 Å². The largest absolute Gasteiger partial charge is 0.372 e. The van der Waals surface area contributed by atoms with E-state index in [4.69, 9.17) is 4.74 Å². The van der Waals surface area contributed by atoms with Crippen molar-refractivity contribution in [2.75, 3.05) is 7.05 Å². The van der Waals surface area contributed by atoms with Gasteiger partial charge in [-0.1, -0.05) is 44.9 Å². The molecule has 0 radical (unpaired) electrons. The summed E-state index contributed by atoms with van der Waals surface area (Å²) in [5.74, 6) is 0.775. The Morgan fingerprint density at radius 2 is 2.06 bits per heavy atom. The Bertz CT molecular complexity index is 389. The second-order valence-corrected chi connectivity index (χ2v) is 5.49. The third kappa shape index (κ3) is 3.12. The molecule has 1 N–H and O–H groups in total. The molecule has 2 atom stereocenters. The van der Waals surface area contributed by atoms with Crippen LogP contribution in [0, 0.1) is 5.92 Å². The van der Waals surface area contributed by atoms with Crippen LogP contribution in [-0.2, 0) is 18.0 Å². The van der Waals surface area contributed by atoms with Gasteiger partial charge in [-0.25, -0.2) is 0 Å². The van der Waals surface area contributed by atoms with Gasteiger partial charge in [0.15, 0.2) is 0 Å². The van der Waals surface area contributed by atoms with Crippen LogP contribution < -0.4 is 5.32 Å². The predicted molar refractivity (Wildman–Crippen MR) is 75.4 cm³/mol. The van der Waals surface area contributed by atoms with Gasteiger partial charge in [-0.15, -0.1) is 0 Å². The van der Waals surface area contributed by atoms with E-state index in [1.165, 1.54) is 36.0 Å². The first kappa shape index (κ1) is 13.6. The Morgan fingerprint density at radius 3 is 2.78 bits per heavy atom. The molecule has 1 aliphatic rings. The molecular formula is C16H25NO. The number of ether oxygens (including phenoxy) is 1. The zero-order valence-electron chi connectivity index (χ0n) is 11.8. The van der Waals surface area contributed by atoms with E-state index < -0.39 is 0 Å². The van der Waals surface area contributed by atoms with Gasteiger partial charge in [-0.3, -0.25) is 0 Å². The Kier molecular flexibility index (Phi) is 4.79. The summed E-state index contributed by atoms with van der Waals surface area (Å²) >= 11 is 0. The summed E-state index contributed by atoms with van der Waals surface area (Å²) in [6.07, 6.45) is 3.80. The quantitative estimate of drug-likeness (QED) is 0.825. The lowest BCUT2D eigenvalue weighted by atomic mass is 9.91. The van der Waals surface area contributed by atoms with Crippen LogP contribution in [0.4, 0.5) is 0 Å². The molecule has 2 nitrogen and oxygen atoms in total. The van der Waals surface area contributed by atoms with Gasteiger partial charge < -0.3 is 10.1 Å². The highest BCUT2D eigenvalue weighted by molar-refractivity contribution is 5.34. The van der Waals surface area contributed by atoms with Crippen LogP contribution in [-0.4, -0.2) is 7.05 Å². The Hall–Kier alpha value is -0.860. The fraction of sp³-hybridized carbons (Fsp3) is 0.625. The highest BCUT2D eigenvalue weighted by atomic mass is 16.5. The van der Waals surface area contributed by atoms with Gasteiger partial charge >= 0.3 is 0 Å². The Labute approximate surface area is 111 Å². The third-order valence-electron chi connectivity index (χ3n) is 3.92. The van der Waals surface area contributed by atoms with Crippen LogP contribution in [0.15, 0.2) is 18.2 Å². The topological polar surface area (TPSA) is 21.3 Å². The molecule has 2 unspecified atom stereocenters. The molecule has 2 heteroatoms. The van der Waals surface area contributed by atoms with Gasteiger partial charge in [0.2, 0.25) is 0 Å². The number of benzene rings is 1. The average Bonchev–Trinajstić information content (AvgIpc) is 2.83. The number of fused-ring (bicyclic) bond motifs is 1. The van der Waals surface area contributed by atoms with E-state index in [0.717, 1.165) is 19.1 Å². The molecule has 1 aromatic carbocycles. The molecule has 0 saturated heterocycles. The molecule has 0 aliphatic carbocycles. The van der Waals surface area contributed by atoms with Crippen LogP contribution in [0.2, 0.25) is 0 Å². The molecule has 18 heavy (non-hydrogen) atoms. The highest BCUT2D eigenvalue weighted by Crippen LogP contribution is 2.28. The number of hydrogen-bond donors (Lipinski definition) is 1. The number of hydrogen-bond acceptors (Lipinski definition) is 2. The monoisotopic (exact) mass is 247 g/mol. The average molecular weight is 247 g/mol. The molecule has 1 heterocycles. The van der Waals surface area contributed by atoms with Gasteiger partial charge in [0.05, 0.1) is 13.2 Å². The minimum Gasteiger partial charge on any atom is -0.372 e. The van der Waals surface area contributed by atoms with Crippen molar-refractivity contribution in [2.24, 2.45) is 5.92 Å². The van der Waals surface area contributed by atoms with Crippen LogP contribution in [0.3, 0.4) is 0 Å².